The van der Waals surface area contributed by atoms with E-state index in [1.807, 2.05) is 32.0 Å². The first-order valence-corrected chi connectivity index (χ1v) is 10.4. The molecule has 6 heteroatoms. The van der Waals surface area contributed by atoms with Gasteiger partial charge in [0.05, 0.1) is 5.39 Å². The summed E-state index contributed by atoms with van der Waals surface area (Å²) >= 11 is 0. The van der Waals surface area contributed by atoms with E-state index in [1.54, 1.807) is 13.0 Å². The van der Waals surface area contributed by atoms with Crippen molar-refractivity contribution in [3.8, 4) is 11.1 Å². The third-order valence-electron chi connectivity index (χ3n) is 5.22. The van der Waals surface area contributed by atoms with Crippen molar-refractivity contribution in [2.24, 2.45) is 0 Å². The standard InChI is InChI=1S/C21H20FN3O2.C2H6/c1-11-17(8-13(9-18(11)22)21(26)24-15-5-6-15)12-2-7-16-19(10-12)27-25-20(16)23-14-3-4-14;1-2/h2,7-10,14-15H,3-6H2,1H3,(H,23,25)(H,24,26);1-2H3. The highest BCUT2D eigenvalue weighted by Crippen LogP contribution is 2.34. The maximum absolute atomic E-state index is 14.5. The monoisotopic (exact) mass is 395 g/mol. The fourth-order valence-corrected chi connectivity index (χ4v) is 3.24. The SMILES string of the molecule is CC.Cc1c(F)cc(C(=O)NC2CC2)cc1-c1ccc2c(NC3CC3)noc2c1. The highest BCUT2D eigenvalue weighted by molar-refractivity contribution is 5.97. The van der Waals surface area contributed by atoms with Gasteiger partial charge in [-0.2, -0.15) is 0 Å². The summed E-state index contributed by atoms with van der Waals surface area (Å²) in [6, 6.07) is 9.47. The van der Waals surface area contributed by atoms with Crippen LogP contribution in [0.1, 0.15) is 55.5 Å². The van der Waals surface area contributed by atoms with Crippen LogP contribution < -0.4 is 10.6 Å². The van der Waals surface area contributed by atoms with Crippen LogP contribution in [-0.4, -0.2) is 23.1 Å². The van der Waals surface area contributed by atoms with Gasteiger partial charge in [-0.1, -0.05) is 25.1 Å². The highest BCUT2D eigenvalue weighted by Gasteiger charge is 2.25. The predicted molar refractivity (Wildman–Crippen MR) is 113 cm³/mol. The molecular formula is C23H26FN3O2. The Balaban J connectivity index is 0.000000994. The Labute approximate surface area is 169 Å². The summed E-state index contributed by atoms with van der Waals surface area (Å²) in [6.07, 6.45) is 4.29. The van der Waals surface area contributed by atoms with Crippen LogP contribution in [0.2, 0.25) is 0 Å². The van der Waals surface area contributed by atoms with Crippen LogP contribution >= 0.6 is 0 Å². The Morgan fingerprint density at radius 3 is 2.52 bits per heavy atom. The van der Waals surface area contributed by atoms with Gasteiger partial charge >= 0.3 is 0 Å². The van der Waals surface area contributed by atoms with Gasteiger partial charge in [0.1, 0.15) is 5.82 Å². The van der Waals surface area contributed by atoms with E-state index in [9.17, 15) is 9.18 Å². The molecule has 0 unspecified atom stereocenters. The quantitative estimate of drug-likeness (QED) is 0.604. The molecule has 2 N–H and O–H groups in total. The summed E-state index contributed by atoms with van der Waals surface area (Å²) in [6.45, 7) is 5.72. The molecule has 1 aromatic heterocycles. The summed E-state index contributed by atoms with van der Waals surface area (Å²) < 4.78 is 19.9. The fraction of sp³-hybridized carbons (Fsp3) is 0.391. The van der Waals surface area contributed by atoms with Gasteiger partial charge in [0.15, 0.2) is 11.4 Å². The molecule has 0 spiro atoms. The summed E-state index contributed by atoms with van der Waals surface area (Å²) in [5.74, 6) is 0.135. The van der Waals surface area contributed by atoms with E-state index in [2.05, 4.69) is 15.8 Å². The minimum Gasteiger partial charge on any atom is -0.364 e. The van der Waals surface area contributed by atoms with Crippen LogP contribution in [0.25, 0.3) is 22.1 Å². The normalized spacial score (nSPS) is 15.6. The zero-order valence-corrected chi connectivity index (χ0v) is 17.0. The van der Waals surface area contributed by atoms with E-state index in [0.29, 0.717) is 28.3 Å². The molecule has 2 fully saturated rings. The molecule has 2 aliphatic rings. The Hall–Kier alpha value is -2.89. The molecule has 0 saturated heterocycles. The molecule has 2 aliphatic carbocycles. The molecule has 0 bridgehead atoms. The third kappa shape index (κ3) is 4.11. The molecule has 2 aromatic carbocycles. The van der Waals surface area contributed by atoms with Crippen molar-refractivity contribution in [3.63, 3.8) is 0 Å². The van der Waals surface area contributed by atoms with E-state index in [0.717, 1.165) is 42.5 Å². The first-order chi connectivity index (χ1) is 14.1. The van der Waals surface area contributed by atoms with E-state index in [-0.39, 0.29) is 17.8 Å². The number of rotatable bonds is 5. The lowest BCUT2D eigenvalue weighted by molar-refractivity contribution is 0.0950. The second-order valence-corrected chi connectivity index (χ2v) is 7.54. The maximum Gasteiger partial charge on any atom is 0.251 e. The first kappa shape index (κ1) is 19.4. The molecule has 1 heterocycles. The minimum absolute atomic E-state index is 0.227. The molecular weight excluding hydrogens is 369 g/mol. The number of fused-ring (bicyclic) bond motifs is 1. The molecule has 3 aromatic rings. The lowest BCUT2D eigenvalue weighted by atomic mass is 9.96. The summed E-state index contributed by atoms with van der Waals surface area (Å²) in [4.78, 5) is 12.4. The Morgan fingerprint density at radius 1 is 1.10 bits per heavy atom. The average molecular weight is 395 g/mol. The zero-order chi connectivity index (χ0) is 20.5. The molecule has 0 aliphatic heterocycles. The zero-order valence-electron chi connectivity index (χ0n) is 17.0. The second kappa shape index (κ2) is 7.85. The van der Waals surface area contributed by atoms with Gasteiger partial charge in [0.25, 0.3) is 5.91 Å². The number of nitrogens with one attached hydrogen (secondary N) is 2. The molecule has 5 rings (SSSR count). The number of aromatic nitrogens is 1. The van der Waals surface area contributed by atoms with E-state index >= 15 is 0 Å². The molecule has 29 heavy (non-hydrogen) atoms. The number of halogens is 1. The topological polar surface area (TPSA) is 67.2 Å². The third-order valence-corrected chi connectivity index (χ3v) is 5.22. The van der Waals surface area contributed by atoms with Gasteiger partial charge in [0.2, 0.25) is 0 Å². The van der Waals surface area contributed by atoms with Gasteiger partial charge in [0, 0.05) is 17.6 Å². The smallest absolute Gasteiger partial charge is 0.251 e. The number of nitrogens with zero attached hydrogens (tertiary/aromatic N) is 1. The molecule has 5 nitrogen and oxygen atoms in total. The van der Waals surface area contributed by atoms with Crippen LogP contribution in [0.4, 0.5) is 10.2 Å². The number of benzene rings is 2. The van der Waals surface area contributed by atoms with Gasteiger partial charge in [-0.05, 0) is 73.6 Å². The van der Waals surface area contributed by atoms with Crippen molar-refractivity contribution in [1.82, 2.24) is 10.5 Å². The number of hydrogen-bond acceptors (Lipinski definition) is 4. The molecule has 2 saturated carbocycles. The number of hydrogen-bond donors (Lipinski definition) is 2. The lowest BCUT2D eigenvalue weighted by Gasteiger charge is -2.11. The summed E-state index contributed by atoms with van der Waals surface area (Å²) in [7, 11) is 0. The Bertz CT molecular complexity index is 1050. The number of amides is 1. The van der Waals surface area contributed by atoms with Crippen LogP contribution in [0.3, 0.4) is 0 Å². The fourth-order valence-electron chi connectivity index (χ4n) is 3.24. The first-order valence-electron chi connectivity index (χ1n) is 10.4. The lowest BCUT2D eigenvalue weighted by Crippen LogP contribution is -2.25. The van der Waals surface area contributed by atoms with E-state index in [4.69, 9.17) is 4.52 Å². The maximum atomic E-state index is 14.5. The molecule has 0 radical (unpaired) electrons. The van der Waals surface area contributed by atoms with Crippen molar-refractivity contribution < 1.29 is 13.7 Å². The summed E-state index contributed by atoms with van der Waals surface area (Å²) in [5.41, 5.74) is 2.98. The van der Waals surface area contributed by atoms with Crippen LogP contribution in [0.15, 0.2) is 34.9 Å². The van der Waals surface area contributed by atoms with Crippen LogP contribution in [0.5, 0.6) is 0 Å². The van der Waals surface area contributed by atoms with Gasteiger partial charge in [-0.15, -0.1) is 0 Å². The van der Waals surface area contributed by atoms with Crippen molar-refractivity contribution in [1.29, 1.82) is 0 Å². The van der Waals surface area contributed by atoms with Gasteiger partial charge < -0.3 is 15.2 Å². The Kier molecular flexibility index (Phi) is 5.26. The molecule has 0 atom stereocenters. The number of anilines is 1. The molecule has 152 valence electrons. The minimum atomic E-state index is -0.387. The van der Waals surface area contributed by atoms with Crippen molar-refractivity contribution in [2.75, 3.05) is 5.32 Å². The number of carbonyl (C=O) groups excluding carboxylic acids is 1. The predicted octanol–water partition coefficient (Wildman–Crippen LogP) is 5.44. The van der Waals surface area contributed by atoms with Crippen molar-refractivity contribution in [3.05, 3.63) is 47.3 Å². The highest BCUT2D eigenvalue weighted by atomic mass is 19.1. The van der Waals surface area contributed by atoms with E-state index < -0.39 is 0 Å². The Morgan fingerprint density at radius 2 is 1.83 bits per heavy atom. The van der Waals surface area contributed by atoms with Crippen LogP contribution in [-0.2, 0) is 0 Å². The largest absolute Gasteiger partial charge is 0.364 e. The second-order valence-electron chi connectivity index (χ2n) is 7.54. The van der Waals surface area contributed by atoms with Crippen LogP contribution in [0, 0.1) is 12.7 Å². The van der Waals surface area contributed by atoms with Crippen molar-refractivity contribution >= 4 is 22.7 Å². The van der Waals surface area contributed by atoms with Crippen molar-refractivity contribution in [2.45, 2.75) is 58.5 Å². The van der Waals surface area contributed by atoms with E-state index in [1.165, 1.54) is 6.07 Å². The molecule has 1 amide bonds. The van der Waals surface area contributed by atoms with Gasteiger partial charge in [-0.25, -0.2) is 4.39 Å². The van der Waals surface area contributed by atoms with Gasteiger partial charge in [-0.3, -0.25) is 4.79 Å². The number of carbonyl (C=O) groups is 1. The average Bonchev–Trinajstić information content (AvgIpc) is 3.66. The summed E-state index contributed by atoms with van der Waals surface area (Å²) in [5, 5.41) is 11.3.